The summed E-state index contributed by atoms with van der Waals surface area (Å²) in [5, 5.41) is 0. The van der Waals surface area contributed by atoms with Crippen LogP contribution in [0.5, 0.6) is 0 Å². The Kier molecular flexibility index (Phi) is 9.79. The summed E-state index contributed by atoms with van der Waals surface area (Å²) in [5.41, 5.74) is 12.8. The molecule has 0 bridgehead atoms. The molecule has 1 aliphatic carbocycles. The van der Waals surface area contributed by atoms with Crippen molar-refractivity contribution in [3.05, 3.63) is 70.2 Å². The first-order valence-corrected chi connectivity index (χ1v) is 12.8. The van der Waals surface area contributed by atoms with Gasteiger partial charge < -0.3 is 10.2 Å². The van der Waals surface area contributed by atoms with Crippen molar-refractivity contribution in [3.8, 4) is 0 Å². The molecule has 1 aromatic rings. The molecule has 0 spiro atoms. The van der Waals surface area contributed by atoms with E-state index in [0.717, 1.165) is 30.3 Å². The van der Waals surface area contributed by atoms with Crippen LogP contribution in [-0.4, -0.2) is 6.54 Å². The van der Waals surface area contributed by atoms with Gasteiger partial charge in [0, 0.05) is 17.0 Å². The fourth-order valence-corrected chi connectivity index (χ4v) is 5.03. The van der Waals surface area contributed by atoms with Crippen LogP contribution in [-0.2, 0) is 0 Å². The molecule has 2 nitrogen and oxygen atoms in total. The third-order valence-electron chi connectivity index (χ3n) is 6.81. The van der Waals surface area contributed by atoms with Crippen molar-refractivity contribution >= 4 is 11.6 Å². The molecule has 0 amide bonds. The van der Waals surface area contributed by atoms with Crippen molar-refractivity contribution < 1.29 is 4.42 Å². The molecule has 2 heteroatoms. The summed E-state index contributed by atoms with van der Waals surface area (Å²) in [6, 6.07) is 0. The molecule has 182 valence electrons. The van der Waals surface area contributed by atoms with Gasteiger partial charge in [-0.15, -0.1) is 0 Å². The van der Waals surface area contributed by atoms with Gasteiger partial charge in [0.2, 0.25) is 0 Å². The van der Waals surface area contributed by atoms with E-state index in [1.807, 2.05) is 0 Å². The lowest BCUT2D eigenvalue weighted by molar-refractivity contribution is 0.290. The largest absolute Gasteiger partial charge is 0.461 e. The fraction of sp³-hybridized carbons (Fsp3) is 0.548. The third-order valence-corrected chi connectivity index (χ3v) is 6.81. The maximum atomic E-state index is 6.31. The van der Waals surface area contributed by atoms with Crippen LogP contribution in [0.1, 0.15) is 103 Å². The highest BCUT2D eigenvalue weighted by molar-refractivity contribution is 5.75. The lowest BCUT2D eigenvalue weighted by atomic mass is 9.80. The third kappa shape index (κ3) is 7.21. The molecule has 1 aliphatic rings. The molecule has 0 radical (unpaired) electrons. The Labute approximate surface area is 203 Å². The number of furan rings is 1. The highest BCUT2D eigenvalue weighted by atomic mass is 16.3. The number of nitrogens with two attached hydrogens (primary N) is 1. The molecule has 2 atom stereocenters. The van der Waals surface area contributed by atoms with E-state index in [9.17, 15) is 0 Å². The number of fused-ring (bicyclic) bond motifs is 1. The maximum Gasteiger partial charge on any atom is 0.134 e. The van der Waals surface area contributed by atoms with Crippen LogP contribution >= 0.6 is 0 Å². The molecule has 0 saturated heterocycles. The summed E-state index contributed by atoms with van der Waals surface area (Å²) >= 11 is 0. The maximum absolute atomic E-state index is 6.31. The SMILES string of the molecule is CCC(=C\CC(C)(C)CC(C)C)/C(C)=C/C=C\c1c(C)oc2c1C(C)C=CC=C2C(C)CN. The van der Waals surface area contributed by atoms with Gasteiger partial charge in [-0.2, -0.15) is 0 Å². The number of hydrogen-bond donors (Lipinski definition) is 1. The zero-order chi connectivity index (χ0) is 24.8. The minimum Gasteiger partial charge on any atom is -0.461 e. The summed E-state index contributed by atoms with van der Waals surface area (Å²) in [5.74, 6) is 3.27. The molecule has 2 rings (SSSR count). The van der Waals surface area contributed by atoms with E-state index in [1.54, 1.807) is 0 Å². The van der Waals surface area contributed by atoms with Gasteiger partial charge >= 0.3 is 0 Å². The molecular weight excluding hydrogens is 402 g/mol. The smallest absolute Gasteiger partial charge is 0.134 e. The topological polar surface area (TPSA) is 39.2 Å². The zero-order valence-electron chi connectivity index (χ0n) is 22.6. The normalized spacial score (nSPS) is 18.6. The van der Waals surface area contributed by atoms with Gasteiger partial charge in [-0.3, -0.25) is 0 Å². The van der Waals surface area contributed by atoms with Crippen LogP contribution in [0.3, 0.4) is 0 Å². The van der Waals surface area contributed by atoms with Crippen LogP contribution in [0.2, 0.25) is 0 Å². The van der Waals surface area contributed by atoms with Crippen LogP contribution in [0.15, 0.2) is 52.0 Å². The van der Waals surface area contributed by atoms with Gasteiger partial charge in [-0.25, -0.2) is 0 Å². The van der Waals surface area contributed by atoms with Crippen LogP contribution < -0.4 is 5.73 Å². The Hall–Kier alpha value is -2.06. The minimum atomic E-state index is 0.264. The van der Waals surface area contributed by atoms with Gasteiger partial charge in [0.1, 0.15) is 11.5 Å². The van der Waals surface area contributed by atoms with Crippen LogP contribution in [0, 0.1) is 24.2 Å². The van der Waals surface area contributed by atoms with Crippen LogP contribution in [0.25, 0.3) is 11.6 Å². The van der Waals surface area contributed by atoms with Crippen LogP contribution in [0.4, 0.5) is 0 Å². The van der Waals surface area contributed by atoms with Gasteiger partial charge in [0.15, 0.2) is 0 Å². The van der Waals surface area contributed by atoms with Gasteiger partial charge in [-0.05, 0) is 73.6 Å². The first kappa shape index (κ1) is 27.2. The summed E-state index contributed by atoms with van der Waals surface area (Å²) in [6.07, 6.45) is 19.1. The van der Waals surface area contributed by atoms with Crippen molar-refractivity contribution in [2.75, 3.05) is 6.54 Å². The Morgan fingerprint density at radius 3 is 2.55 bits per heavy atom. The Morgan fingerprint density at radius 2 is 1.94 bits per heavy atom. The second kappa shape index (κ2) is 11.9. The quantitative estimate of drug-likeness (QED) is 0.362. The zero-order valence-corrected chi connectivity index (χ0v) is 22.6. The monoisotopic (exact) mass is 449 g/mol. The van der Waals surface area contributed by atoms with E-state index in [0.29, 0.717) is 17.9 Å². The predicted octanol–water partition coefficient (Wildman–Crippen LogP) is 9.00. The fourth-order valence-electron chi connectivity index (χ4n) is 5.03. The molecule has 1 heterocycles. The van der Waals surface area contributed by atoms with Crippen molar-refractivity contribution in [2.45, 2.75) is 87.5 Å². The van der Waals surface area contributed by atoms with E-state index < -0.39 is 0 Å². The molecule has 0 aliphatic heterocycles. The van der Waals surface area contributed by atoms with Crippen molar-refractivity contribution in [1.29, 1.82) is 0 Å². The van der Waals surface area contributed by atoms with E-state index in [2.05, 4.69) is 105 Å². The van der Waals surface area contributed by atoms with E-state index in [1.165, 1.54) is 34.3 Å². The lowest BCUT2D eigenvalue weighted by Crippen LogP contribution is -2.13. The number of hydrogen-bond acceptors (Lipinski definition) is 2. The minimum absolute atomic E-state index is 0.264. The van der Waals surface area contributed by atoms with Gasteiger partial charge in [0.25, 0.3) is 0 Å². The molecule has 2 unspecified atom stereocenters. The molecule has 2 N–H and O–H groups in total. The number of rotatable bonds is 10. The molecule has 0 saturated carbocycles. The van der Waals surface area contributed by atoms with Gasteiger partial charge in [0.05, 0.1) is 0 Å². The van der Waals surface area contributed by atoms with Gasteiger partial charge in [-0.1, -0.05) is 91.0 Å². The second-order valence-corrected chi connectivity index (χ2v) is 11.0. The first-order valence-electron chi connectivity index (χ1n) is 12.8. The van der Waals surface area contributed by atoms with Crippen molar-refractivity contribution in [3.63, 3.8) is 0 Å². The average molecular weight is 450 g/mol. The number of allylic oxidation sites excluding steroid dienone is 8. The highest BCUT2D eigenvalue weighted by Gasteiger charge is 2.25. The molecule has 1 aromatic heterocycles. The second-order valence-electron chi connectivity index (χ2n) is 11.0. The summed E-state index contributed by atoms with van der Waals surface area (Å²) in [4.78, 5) is 0. The summed E-state index contributed by atoms with van der Waals surface area (Å²) in [7, 11) is 0. The molecule has 0 aromatic carbocycles. The van der Waals surface area contributed by atoms with Crippen molar-refractivity contribution in [1.82, 2.24) is 0 Å². The first-order chi connectivity index (χ1) is 15.5. The molecule has 0 fully saturated rings. The highest BCUT2D eigenvalue weighted by Crippen LogP contribution is 2.39. The summed E-state index contributed by atoms with van der Waals surface area (Å²) in [6.45, 7) is 21.0. The lowest BCUT2D eigenvalue weighted by Gasteiger charge is -2.25. The standard InChI is InChI=1S/C31H47NO/c1-10-26(17-18-31(8,9)19-21(2)3)22(4)13-11-16-28-25(7)33-30-27(24(6)20-32)15-12-14-23(5)29(28)30/h11-17,21,23-24H,10,18-20,32H2,1-9H3/b16-11-,22-13+,26-17+. The average Bonchev–Trinajstić information content (AvgIpc) is 2.96. The number of aryl methyl sites for hydroxylation is 1. The Bertz CT molecular complexity index is 946. The molecule has 33 heavy (non-hydrogen) atoms. The van der Waals surface area contributed by atoms with E-state index in [-0.39, 0.29) is 5.92 Å². The summed E-state index contributed by atoms with van der Waals surface area (Å²) < 4.78 is 6.31. The van der Waals surface area contributed by atoms with E-state index >= 15 is 0 Å². The Morgan fingerprint density at radius 1 is 1.24 bits per heavy atom. The Balaban J connectivity index is 2.31. The predicted molar refractivity (Wildman–Crippen MR) is 146 cm³/mol. The van der Waals surface area contributed by atoms with Crippen molar-refractivity contribution in [2.24, 2.45) is 23.0 Å². The molecular formula is C31H47NO. The van der Waals surface area contributed by atoms with E-state index in [4.69, 9.17) is 10.2 Å².